The van der Waals surface area contributed by atoms with Gasteiger partial charge < -0.3 is 19.8 Å². The number of aromatic nitrogens is 2. The van der Waals surface area contributed by atoms with Gasteiger partial charge in [0, 0.05) is 23.7 Å². The number of H-pyrrole nitrogens is 1. The number of hydrogen-bond acceptors (Lipinski definition) is 7. The summed E-state index contributed by atoms with van der Waals surface area (Å²) in [6, 6.07) is 9.94. The van der Waals surface area contributed by atoms with Gasteiger partial charge in [0.15, 0.2) is 15.6 Å². The van der Waals surface area contributed by atoms with Crippen molar-refractivity contribution >= 4 is 38.4 Å². The Hall–Kier alpha value is -3.60. The molecule has 1 aliphatic carbocycles. The van der Waals surface area contributed by atoms with Crippen LogP contribution in [-0.2, 0) is 24.2 Å². The highest BCUT2D eigenvalue weighted by Gasteiger charge is 2.31. The summed E-state index contributed by atoms with van der Waals surface area (Å²) in [6.45, 7) is 6.91. The van der Waals surface area contributed by atoms with Gasteiger partial charge >= 0.3 is 11.7 Å². The van der Waals surface area contributed by atoms with E-state index >= 15 is 0 Å². The van der Waals surface area contributed by atoms with Crippen molar-refractivity contribution in [3.05, 3.63) is 52.4 Å². The zero-order chi connectivity index (χ0) is 28.5. The van der Waals surface area contributed by atoms with Crippen LogP contribution >= 0.6 is 0 Å². The fraction of sp³-hybridized carbons (Fsp3) is 0.464. The number of sulfone groups is 1. The lowest BCUT2D eigenvalue weighted by atomic mass is 9.85. The van der Waals surface area contributed by atoms with Crippen LogP contribution in [0.2, 0.25) is 0 Å². The highest BCUT2D eigenvalue weighted by molar-refractivity contribution is 7.92. The van der Waals surface area contributed by atoms with Gasteiger partial charge in [-0.05, 0) is 77.1 Å². The number of rotatable bonds is 7. The van der Waals surface area contributed by atoms with Crippen molar-refractivity contribution in [2.75, 3.05) is 18.2 Å². The number of hydrogen-bond donors (Lipinski definition) is 2. The molecule has 0 atom stereocenters. The van der Waals surface area contributed by atoms with Crippen molar-refractivity contribution in [2.24, 2.45) is 5.92 Å². The van der Waals surface area contributed by atoms with Crippen LogP contribution in [0.5, 0.6) is 5.75 Å². The summed E-state index contributed by atoms with van der Waals surface area (Å²) >= 11 is 0. The van der Waals surface area contributed by atoms with Crippen molar-refractivity contribution in [1.29, 1.82) is 0 Å². The maximum Gasteiger partial charge on any atom is 0.326 e. The molecule has 0 radical (unpaired) electrons. The van der Waals surface area contributed by atoms with E-state index in [2.05, 4.69) is 10.3 Å². The number of carbonyl (C=O) groups is 2. The van der Waals surface area contributed by atoms with E-state index in [9.17, 15) is 22.8 Å². The molecule has 4 rings (SSSR count). The van der Waals surface area contributed by atoms with E-state index in [0.717, 1.165) is 5.56 Å². The summed E-state index contributed by atoms with van der Waals surface area (Å²) in [5.74, 6) is -1.28. The number of carbonyl (C=O) groups excluding carboxylic acids is 2. The van der Waals surface area contributed by atoms with E-state index in [0.29, 0.717) is 42.6 Å². The molecule has 2 aromatic carbocycles. The number of para-hydroxylation sites is 1. The quantitative estimate of drug-likeness (QED) is 0.417. The van der Waals surface area contributed by atoms with E-state index in [1.54, 1.807) is 50.6 Å². The molecule has 0 spiro atoms. The number of esters is 1. The van der Waals surface area contributed by atoms with Crippen molar-refractivity contribution < 1.29 is 27.5 Å². The number of aryl methyl sites for hydroxylation is 1. The maximum absolute atomic E-state index is 13.1. The largest absolute Gasteiger partial charge is 0.496 e. The van der Waals surface area contributed by atoms with E-state index in [-0.39, 0.29) is 28.3 Å². The van der Waals surface area contributed by atoms with Crippen molar-refractivity contribution in [2.45, 2.75) is 69.9 Å². The molecule has 0 saturated heterocycles. The highest BCUT2D eigenvalue weighted by Crippen LogP contribution is 2.35. The van der Waals surface area contributed by atoms with Crippen LogP contribution < -0.4 is 15.7 Å². The number of imidazole rings is 1. The standard InChI is InChI=1S/C28H35N3O7S/c1-17-9-12-19(15-22(17)37-5)29-26(33)18-10-13-20(14-11-18)31-21-7-6-8-23(25(21)30-27(31)34)39(35,36)16-24(32)38-28(2,3)4/h6-9,12,15,18,20H,10-11,13-14,16H2,1-5H3,(H,29,33)(H,30,34). The first-order valence-electron chi connectivity index (χ1n) is 12.9. The van der Waals surface area contributed by atoms with E-state index < -0.39 is 32.9 Å². The fourth-order valence-corrected chi connectivity index (χ4v) is 6.36. The molecule has 1 fully saturated rings. The lowest BCUT2D eigenvalue weighted by Gasteiger charge is -2.28. The number of benzene rings is 2. The zero-order valence-corrected chi connectivity index (χ0v) is 23.7. The van der Waals surface area contributed by atoms with Crippen LogP contribution in [-0.4, -0.2) is 48.3 Å². The molecular formula is C28H35N3O7S. The topological polar surface area (TPSA) is 137 Å². The first-order chi connectivity index (χ1) is 18.3. The molecule has 1 amide bonds. The van der Waals surface area contributed by atoms with Gasteiger partial charge in [-0.1, -0.05) is 12.1 Å². The second-order valence-corrected chi connectivity index (χ2v) is 12.9. The summed E-state index contributed by atoms with van der Waals surface area (Å²) in [5, 5.41) is 2.96. The third-order valence-corrected chi connectivity index (χ3v) is 8.51. The van der Waals surface area contributed by atoms with Gasteiger partial charge in [0.1, 0.15) is 11.4 Å². The monoisotopic (exact) mass is 557 g/mol. The maximum atomic E-state index is 13.1. The van der Waals surface area contributed by atoms with Crippen molar-refractivity contribution in [1.82, 2.24) is 9.55 Å². The predicted molar refractivity (Wildman–Crippen MR) is 148 cm³/mol. The average molecular weight is 558 g/mol. The Labute approximate surface area is 227 Å². The number of fused-ring (bicyclic) bond motifs is 1. The molecule has 0 aliphatic heterocycles. The van der Waals surface area contributed by atoms with Crippen LogP contribution in [0.25, 0.3) is 11.0 Å². The van der Waals surface area contributed by atoms with E-state index in [1.807, 2.05) is 19.1 Å². The zero-order valence-electron chi connectivity index (χ0n) is 22.9. The van der Waals surface area contributed by atoms with Gasteiger partial charge in [-0.25, -0.2) is 13.2 Å². The molecule has 210 valence electrons. The molecule has 0 unspecified atom stereocenters. The second kappa shape index (κ2) is 10.9. The summed E-state index contributed by atoms with van der Waals surface area (Å²) in [5.41, 5.74) is 1.01. The lowest BCUT2D eigenvalue weighted by Crippen LogP contribution is -2.31. The Morgan fingerprint density at radius 1 is 1.10 bits per heavy atom. The molecule has 11 heteroatoms. The van der Waals surface area contributed by atoms with Crippen molar-refractivity contribution in [3.8, 4) is 5.75 Å². The summed E-state index contributed by atoms with van der Waals surface area (Å²) < 4.78 is 38.2. The smallest absolute Gasteiger partial charge is 0.326 e. The molecule has 3 aromatic rings. The predicted octanol–water partition coefficient (Wildman–Crippen LogP) is 4.13. The van der Waals surface area contributed by atoms with Gasteiger partial charge in [-0.2, -0.15) is 0 Å². The third-order valence-electron chi connectivity index (χ3n) is 6.89. The molecule has 1 saturated carbocycles. The summed E-state index contributed by atoms with van der Waals surface area (Å²) in [4.78, 5) is 40.7. The minimum absolute atomic E-state index is 0.0823. The number of nitrogens with one attached hydrogen (secondary N) is 2. The van der Waals surface area contributed by atoms with Gasteiger partial charge in [-0.3, -0.25) is 14.2 Å². The summed E-state index contributed by atoms with van der Waals surface area (Å²) in [7, 11) is -2.49. The first-order valence-corrected chi connectivity index (χ1v) is 14.6. The number of nitrogens with zero attached hydrogens (tertiary/aromatic N) is 1. The highest BCUT2D eigenvalue weighted by atomic mass is 32.2. The van der Waals surface area contributed by atoms with Gasteiger partial charge in [0.2, 0.25) is 5.91 Å². The molecule has 2 N–H and O–H groups in total. The number of amides is 1. The Kier molecular flexibility index (Phi) is 7.92. The first kappa shape index (κ1) is 28.4. The third kappa shape index (κ3) is 6.35. The van der Waals surface area contributed by atoms with Gasteiger partial charge in [0.25, 0.3) is 0 Å². The molecule has 39 heavy (non-hydrogen) atoms. The lowest BCUT2D eigenvalue weighted by molar-refractivity contribution is -0.151. The minimum atomic E-state index is -4.07. The molecule has 1 heterocycles. The molecule has 1 aromatic heterocycles. The Morgan fingerprint density at radius 3 is 2.44 bits per heavy atom. The molecular weight excluding hydrogens is 522 g/mol. The molecule has 0 bridgehead atoms. The Bertz CT molecular complexity index is 1560. The number of ether oxygens (including phenoxy) is 2. The minimum Gasteiger partial charge on any atom is -0.496 e. The van der Waals surface area contributed by atoms with Crippen molar-refractivity contribution in [3.63, 3.8) is 0 Å². The number of aromatic amines is 1. The van der Waals surface area contributed by atoms with Crippen LogP contribution in [0.3, 0.4) is 0 Å². The Morgan fingerprint density at radius 2 is 1.79 bits per heavy atom. The average Bonchev–Trinajstić information content (AvgIpc) is 3.19. The molecule has 10 nitrogen and oxygen atoms in total. The summed E-state index contributed by atoms with van der Waals surface area (Å²) in [6.07, 6.45) is 2.32. The normalized spacial score (nSPS) is 18.1. The van der Waals surface area contributed by atoms with Gasteiger partial charge in [0.05, 0.1) is 23.0 Å². The van der Waals surface area contributed by atoms with Gasteiger partial charge in [-0.15, -0.1) is 0 Å². The number of anilines is 1. The molecule has 1 aliphatic rings. The van der Waals surface area contributed by atoms with E-state index in [1.165, 1.54) is 6.07 Å². The fourth-order valence-electron chi connectivity index (χ4n) is 5.09. The Balaban J connectivity index is 1.49. The second-order valence-electron chi connectivity index (χ2n) is 11.0. The van der Waals surface area contributed by atoms with Crippen LogP contribution in [0, 0.1) is 12.8 Å². The van der Waals surface area contributed by atoms with E-state index in [4.69, 9.17) is 9.47 Å². The van der Waals surface area contributed by atoms with Crippen LogP contribution in [0.15, 0.2) is 46.1 Å². The van der Waals surface area contributed by atoms with Crippen LogP contribution in [0.4, 0.5) is 5.69 Å². The van der Waals surface area contributed by atoms with Crippen LogP contribution in [0.1, 0.15) is 58.1 Å². The number of methoxy groups -OCH3 is 1. The SMILES string of the molecule is COc1cc(NC(=O)C2CCC(n3c(=O)[nH]c4c(S(=O)(=O)CC(=O)OC(C)(C)C)cccc43)CC2)ccc1C.